The molecule has 0 unspecified atom stereocenters. The highest BCUT2D eigenvalue weighted by molar-refractivity contribution is 5.87. The molecule has 1 amide bonds. The van der Waals surface area contributed by atoms with E-state index in [9.17, 15) is 9.59 Å². The van der Waals surface area contributed by atoms with Crippen molar-refractivity contribution >= 4 is 12.1 Å². The van der Waals surface area contributed by atoms with Crippen molar-refractivity contribution < 1.29 is 19.4 Å². The Hall–Kier alpha value is -2.83. The molecule has 2 aromatic rings. The van der Waals surface area contributed by atoms with Crippen molar-refractivity contribution in [3.63, 3.8) is 0 Å². The van der Waals surface area contributed by atoms with Crippen LogP contribution in [0.25, 0.3) is 0 Å². The normalized spacial score (nSPS) is 11.7. The number of carboxylic acid groups (broad SMARTS) is 1. The molecule has 2 rings (SSSR count). The van der Waals surface area contributed by atoms with Crippen molar-refractivity contribution in [1.82, 2.24) is 9.66 Å². The first kappa shape index (κ1) is 14.6. The molecule has 7 heteroatoms. The van der Waals surface area contributed by atoms with Crippen molar-refractivity contribution in [2.45, 2.75) is 19.6 Å². The highest BCUT2D eigenvalue weighted by Crippen LogP contribution is 2.06. The van der Waals surface area contributed by atoms with Gasteiger partial charge in [-0.2, -0.15) is 5.01 Å². The number of amides is 1. The third-order valence-electron chi connectivity index (χ3n) is 2.86. The quantitative estimate of drug-likeness (QED) is 0.904. The average molecular weight is 289 g/mol. The molecule has 0 radical (unpaired) electrons. The van der Waals surface area contributed by atoms with Gasteiger partial charge in [0.1, 0.15) is 12.9 Å². The Morgan fingerprint density at radius 2 is 2.10 bits per heavy atom. The third kappa shape index (κ3) is 3.59. The van der Waals surface area contributed by atoms with E-state index in [0.717, 1.165) is 10.6 Å². The van der Waals surface area contributed by atoms with Crippen LogP contribution in [0.5, 0.6) is 0 Å². The minimum absolute atomic E-state index is 0.0667. The molecule has 0 saturated heterocycles. The van der Waals surface area contributed by atoms with Crippen LogP contribution in [-0.4, -0.2) is 32.9 Å². The van der Waals surface area contributed by atoms with Crippen LogP contribution in [0.4, 0.5) is 4.79 Å². The zero-order valence-corrected chi connectivity index (χ0v) is 11.4. The van der Waals surface area contributed by atoms with Gasteiger partial charge >= 0.3 is 12.1 Å². The number of hydrogen-bond acceptors (Lipinski definition) is 4. The Bertz CT molecular complexity index is 598. The lowest BCUT2D eigenvalue weighted by Gasteiger charge is -2.25. The number of rotatable bonds is 5. The number of carbonyl (C=O) groups excluding carboxylic acids is 1. The van der Waals surface area contributed by atoms with E-state index in [1.165, 1.54) is 30.3 Å². The van der Waals surface area contributed by atoms with E-state index in [2.05, 4.69) is 4.98 Å². The molecule has 1 atom stereocenters. The molecule has 0 saturated carbocycles. The Kier molecular flexibility index (Phi) is 4.55. The zero-order chi connectivity index (χ0) is 15.2. The maximum atomic E-state index is 12.2. The molecule has 1 aromatic heterocycles. The standard InChI is InChI=1S/C14H15N3O4/c1-11(13(18)19)17(16-8-7-15-10-16)14(20)21-9-12-5-3-2-4-6-12/h2-8,10-11H,9H2,1H3,(H,18,19)/t11-/m0/s1. The van der Waals surface area contributed by atoms with Crippen molar-refractivity contribution in [1.29, 1.82) is 0 Å². The lowest BCUT2D eigenvalue weighted by Crippen LogP contribution is -2.50. The van der Waals surface area contributed by atoms with Gasteiger partial charge in [-0.05, 0) is 12.5 Å². The van der Waals surface area contributed by atoms with Gasteiger partial charge in [-0.15, -0.1) is 0 Å². The number of aliphatic carboxylic acids is 1. The number of ether oxygens (including phenoxy) is 1. The molecule has 1 aromatic carbocycles. The number of imidazole rings is 1. The van der Waals surface area contributed by atoms with Crippen LogP contribution in [0.1, 0.15) is 12.5 Å². The fraction of sp³-hybridized carbons (Fsp3) is 0.214. The molecule has 21 heavy (non-hydrogen) atoms. The van der Waals surface area contributed by atoms with E-state index in [-0.39, 0.29) is 6.61 Å². The summed E-state index contributed by atoms with van der Waals surface area (Å²) in [7, 11) is 0. The maximum absolute atomic E-state index is 12.2. The van der Waals surface area contributed by atoms with E-state index in [4.69, 9.17) is 9.84 Å². The summed E-state index contributed by atoms with van der Waals surface area (Å²) in [5.41, 5.74) is 0.819. The van der Waals surface area contributed by atoms with Crippen LogP contribution in [-0.2, 0) is 16.1 Å². The summed E-state index contributed by atoms with van der Waals surface area (Å²) in [4.78, 5) is 27.1. The lowest BCUT2D eigenvalue weighted by molar-refractivity contribution is -0.138. The van der Waals surface area contributed by atoms with Crippen LogP contribution >= 0.6 is 0 Å². The highest BCUT2D eigenvalue weighted by atomic mass is 16.6. The van der Waals surface area contributed by atoms with Gasteiger partial charge in [-0.3, -0.25) is 0 Å². The van der Waals surface area contributed by atoms with Crippen LogP contribution < -0.4 is 5.01 Å². The number of benzene rings is 1. The van der Waals surface area contributed by atoms with E-state index in [1.54, 1.807) is 0 Å². The second-order valence-corrected chi connectivity index (χ2v) is 4.34. The summed E-state index contributed by atoms with van der Waals surface area (Å²) >= 11 is 0. The average Bonchev–Trinajstić information content (AvgIpc) is 3.00. The first-order valence-corrected chi connectivity index (χ1v) is 6.30. The van der Waals surface area contributed by atoms with Crippen molar-refractivity contribution in [3.05, 3.63) is 54.6 Å². The zero-order valence-electron chi connectivity index (χ0n) is 11.4. The van der Waals surface area contributed by atoms with Gasteiger partial charge in [0, 0.05) is 12.4 Å². The molecule has 1 heterocycles. The van der Waals surface area contributed by atoms with Gasteiger partial charge in [0.15, 0.2) is 6.04 Å². The molecule has 110 valence electrons. The van der Waals surface area contributed by atoms with Crippen LogP contribution in [0.15, 0.2) is 49.1 Å². The smallest absolute Gasteiger partial charge is 0.430 e. The number of nitrogens with zero attached hydrogens (tertiary/aromatic N) is 3. The number of aromatic nitrogens is 2. The molecule has 0 bridgehead atoms. The topological polar surface area (TPSA) is 84.7 Å². The van der Waals surface area contributed by atoms with Crippen LogP contribution in [0, 0.1) is 0 Å². The summed E-state index contributed by atoms with van der Waals surface area (Å²) < 4.78 is 6.44. The summed E-state index contributed by atoms with van der Waals surface area (Å²) in [6.45, 7) is 1.46. The van der Waals surface area contributed by atoms with Crippen molar-refractivity contribution in [2.75, 3.05) is 5.01 Å². The second-order valence-electron chi connectivity index (χ2n) is 4.34. The SMILES string of the molecule is C[C@@H](C(=O)O)N(C(=O)OCc1ccccc1)n1ccnc1. The first-order chi connectivity index (χ1) is 10.1. The molecule has 0 aliphatic heterocycles. The van der Waals surface area contributed by atoms with Crippen LogP contribution in [0.2, 0.25) is 0 Å². The summed E-state index contributed by atoms with van der Waals surface area (Å²) in [5, 5.41) is 10.1. The molecule has 0 aliphatic rings. The minimum atomic E-state index is -1.14. The largest absolute Gasteiger partial charge is 0.480 e. The summed E-state index contributed by atoms with van der Waals surface area (Å²) in [6.07, 6.45) is 3.50. The van der Waals surface area contributed by atoms with Crippen molar-refractivity contribution in [2.24, 2.45) is 0 Å². The van der Waals surface area contributed by atoms with E-state index in [0.29, 0.717) is 0 Å². The summed E-state index contributed by atoms with van der Waals surface area (Å²) in [6, 6.07) is 8.07. The second kappa shape index (κ2) is 6.56. The molecule has 0 aliphatic carbocycles. The minimum Gasteiger partial charge on any atom is -0.480 e. The van der Waals surface area contributed by atoms with Gasteiger partial charge < -0.3 is 9.84 Å². The van der Waals surface area contributed by atoms with Gasteiger partial charge in [0.25, 0.3) is 0 Å². The van der Waals surface area contributed by atoms with Crippen molar-refractivity contribution in [3.8, 4) is 0 Å². The van der Waals surface area contributed by atoms with Gasteiger partial charge in [-0.1, -0.05) is 30.3 Å². The molecule has 7 nitrogen and oxygen atoms in total. The molecule has 0 spiro atoms. The lowest BCUT2D eigenvalue weighted by atomic mass is 10.2. The number of carboxylic acids is 1. The highest BCUT2D eigenvalue weighted by Gasteiger charge is 2.28. The number of carbonyl (C=O) groups is 2. The molecule has 0 fully saturated rings. The monoisotopic (exact) mass is 289 g/mol. The van der Waals surface area contributed by atoms with E-state index < -0.39 is 18.1 Å². The van der Waals surface area contributed by atoms with Gasteiger partial charge in [0.2, 0.25) is 0 Å². The number of hydrogen-bond donors (Lipinski definition) is 1. The Balaban J connectivity index is 2.10. The van der Waals surface area contributed by atoms with E-state index >= 15 is 0 Å². The summed E-state index contributed by atoms with van der Waals surface area (Å²) in [5.74, 6) is -1.14. The molecular formula is C14H15N3O4. The Labute approximate surface area is 121 Å². The predicted molar refractivity (Wildman–Crippen MR) is 74.2 cm³/mol. The fourth-order valence-corrected chi connectivity index (χ4v) is 1.72. The Morgan fingerprint density at radius 1 is 1.38 bits per heavy atom. The van der Waals surface area contributed by atoms with Gasteiger partial charge in [0.05, 0.1) is 0 Å². The predicted octanol–water partition coefficient (Wildman–Crippen LogP) is 1.63. The Morgan fingerprint density at radius 3 is 2.67 bits per heavy atom. The third-order valence-corrected chi connectivity index (χ3v) is 2.86. The molecular weight excluding hydrogens is 274 g/mol. The first-order valence-electron chi connectivity index (χ1n) is 6.30. The molecule has 1 N–H and O–H groups in total. The fourth-order valence-electron chi connectivity index (χ4n) is 1.72. The van der Waals surface area contributed by atoms with Crippen LogP contribution in [0.3, 0.4) is 0 Å². The van der Waals surface area contributed by atoms with E-state index in [1.807, 2.05) is 30.3 Å². The maximum Gasteiger partial charge on any atom is 0.430 e. The van der Waals surface area contributed by atoms with Gasteiger partial charge in [-0.25, -0.2) is 19.2 Å².